The number of nitrogens with zero attached hydrogens (tertiary/aromatic N) is 3. The minimum atomic E-state index is -4.81. The molecule has 0 aliphatic heterocycles. The van der Waals surface area contributed by atoms with Crippen molar-refractivity contribution in [1.82, 2.24) is 15.0 Å². The zero-order valence-electron chi connectivity index (χ0n) is 14.7. The van der Waals surface area contributed by atoms with Gasteiger partial charge in [0, 0.05) is 6.07 Å². The summed E-state index contributed by atoms with van der Waals surface area (Å²) in [7, 11) is 0. The van der Waals surface area contributed by atoms with Crippen LogP contribution >= 0.6 is 0 Å². The summed E-state index contributed by atoms with van der Waals surface area (Å²) >= 11 is 0. The van der Waals surface area contributed by atoms with Crippen LogP contribution in [0.4, 0.5) is 22.0 Å². The number of aromatic nitrogens is 3. The zero-order chi connectivity index (χ0) is 21.2. The first-order valence-corrected chi connectivity index (χ1v) is 8.07. The Morgan fingerprint density at radius 3 is 2.41 bits per heavy atom. The Morgan fingerprint density at radius 1 is 1.10 bits per heavy atom. The van der Waals surface area contributed by atoms with Gasteiger partial charge in [0.1, 0.15) is 11.6 Å². The molecule has 0 bridgehead atoms. The summed E-state index contributed by atoms with van der Waals surface area (Å²) in [6, 6.07) is 7.39. The third kappa shape index (κ3) is 5.06. The van der Waals surface area contributed by atoms with Crippen LogP contribution in [0.2, 0.25) is 0 Å². The molecule has 0 unspecified atom stereocenters. The number of Topliss-reactive ketones (excluding diaryl/α,β-unsaturated/α-hetero) is 1. The molecule has 0 aliphatic rings. The fourth-order valence-electron chi connectivity index (χ4n) is 2.33. The van der Waals surface area contributed by atoms with E-state index in [-0.39, 0.29) is 11.4 Å². The maximum absolute atomic E-state index is 13.6. The minimum Gasteiger partial charge on any atom is -0.479 e. The Bertz CT molecular complexity index is 1020. The van der Waals surface area contributed by atoms with Gasteiger partial charge in [0.2, 0.25) is 5.78 Å². The molecule has 2 aromatic carbocycles. The average molecular weight is 413 g/mol. The molecule has 3 rings (SSSR count). The first-order valence-electron chi connectivity index (χ1n) is 8.07. The third-order valence-electron chi connectivity index (χ3n) is 3.65. The predicted octanol–water partition coefficient (Wildman–Crippen LogP) is 4.09. The van der Waals surface area contributed by atoms with Crippen LogP contribution in [0, 0.1) is 11.6 Å². The van der Waals surface area contributed by atoms with Gasteiger partial charge in [-0.1, -0.05) is 5.21 Å². The highest BCUT2D eigenvalue weighted by molar-refractivity contribution is 5.97. The van der Waals surface area contributed by atoms with Crippen LogP contribution in [-0.2, 0) is 0 Å². The molecular weight excluding hydrogens is 401 g/mol. The molecule has 11 heteroatoms. The lowest BCUT2D eigenvalue weighted by Gasteiger charge is -2.12. The van der Waals surface area contributed by atoms with Gasteiger partial charge in [-0.05, 0) is 43.3 Å². The van der Waals surface area contributed by atoms with E-state index in [1.54, 1.807) is 0 Å². The topological polar surface area (TPSA) is 66.2 Å². The van der Waals surface area contributed by atoms with E-state index in [1.807, 2.05) is 0 Å². The van der Waals surface area contributed by atoms with E-state index in [0.29, 0.717) is 11.8 Å². The maximum atomic E-state index is 13.6. The number of carbonyl (C=O) groups is 1. The molecule has 0 amide bonds. The monoisotopic (exact) mass is 413 g/mol. The quantitative estimate of drug-likeness (QED) is 0.450. The summed E-state index contributed by atoms with van der Waals surface area (Å²) in [6.07, 6.45) is -4.72. The minimum absolute atomic E-state index is 0.115. The molecular formula is C18H12F5N3O3. The molecule has 1 heterocycles. The number of halogens is 5. The van der Waals surface area contributed by atoms with Crippen molar-refractivity contribution in [2.24, 2.45) is 0 Å². The molecule has 152 valence electrons. The van der Waals surface area contributed by atoms with Crippen molar-refractivity contribution in [1.29, 1.82) is 0 Å². The van der Waals surface area contributed by atoms with Gasteiger partial charge in [0.15, 0.2) is 23.4 Å². The van der Waals surface area contributed by atoms with Crippen molar-refractivity contribution < 1.29 is 36.2 Å². The highest BCUT2D eigenvalue weighted by atomic mass is 19.4. The van der Waals surface area contributed by atoms with E-state index >= 15 is 0 Å². The van der Waals surface area contributed by atoms with Crippen LogP contribution < -0.4 is 9.47 Å². The van der Waals surface area contributed by atoms with Crippen LogP contribution in [0.5, 0.6) is 11.5 Å². The number of alkyl halides is 3. The highest BCUT2D eigenvalue weighted by Crippen LogP contribution is 2.24. The Morgan fingerprint density at radius 2 is 1.79 bits per heavy atom. The number of ketones is 1. The summed E-state index contributed by atoms with van der Waals surface area (Å²) in [4.78, 5) is 12.4. The van der Waals surface area contributed by atoms with Gasteiger partial charge in [-0.15, -0.1) is 18.3 Å². The molecule has 1 aromatic heterocycles. The summed E-state index contributed by atoms with van der Waals surface area (Å²) in [5.41, 5.74) is 0.208. The molecule has 29 heavy (non-hydrogen) atoms. The zero-order valence-corrected chi connectivity index (χ0v) is 14.7. The lowest BCUT2D eigenvalue weighted by Crippen LogP contribution is -2.24. The molecule has 0 spiro atoms. The number of hydrogen-bond acceptors (Lipinski definition) is 5. The van der Waals surface area contributed by atoms with Crippen molar-refractivity contribution in [2.45, 2.75) is 19.4 Å². The van der Waals surface area contributed by atoms with Gasteiger partial charge in [-0.3, -0.25) is 4.79 Å². The molecule has 6 nitrogen and oxygen atoms in total. The molecule has 0 saturated carbocycles. The lowest BCUT2D eigenvalue weighted by atomic mass is 10.2. The molecule has 0 radical (unpaired) electrons. The Hall–Kier alpha value is -3.50. The first kappa shape index (κ1) is 20.2. The SMILES string of the molecule is C[C@@H](Oc1ccc(F)cc1F)C(=O)c1cn(-c2ccc(OC(F)(F)F)cc2)nn1. The first-order chi connectivity index (χ1) is 13.6. The Kier molecular flexibility index (Phi) is 5.48. The molecule has 0 N–H and O–H groups in total. The van der Waals surface area contributed by atoms with E-state index in [0.717, 1.165) is 28.9 Å². The van der Waals surface area contributed by atoms with Crippen molar-refractivity contribution in [3.8, 4) is 17.2 Å². The number of benzene rings is 2. The normalized spacial score (nSPS) is 12.5. The fraction of sp³-hybridized carbons (Fsp3) is 0.167. The molecule has 3 aromatic rings. The van der Waals surface area contributed by atoms with Gasteiger partial charge in [0.25, 0.3) is 0 Å². The van der Waals surface area contributed by atoms with Crippen molar-refractivity contribution in [3.63, 3.8) is 0 Å². The van der Waals surface area contributed by atoms with Crippen molar-refractivity contribution in [3.05, 3.63) is 66.0 Å². The highest BCUT2D eigenvalue weighted by Gasteiger charge is 2.31. The van der Waals surface area contributed by atoms with Crippen LogP contribution in [0.3, 0.4) is 0 Å². The average Bonchev–Trinajstić information content (AvgIpc) is 3.12. The third-order valence-corrected chi connectivity index (χ3v) is 3.65. The lowest BCUT2D eigenvalue weighted by molar-refractivity contribution is -0.274. The van der Waals surface area contributed by atoms with Crippen LogP contribution in [-0.4, -0.2) is 33.2 Å². The Balaban J connectivity index is 1.70. The van der Waals surface area contributed by atoms with Crippen LogP contribution in [0.25, 0.3) is 5.69 Å². The second kappa shape index (κ2) is 7.86. The van der Waals surface area contributed by atoms with E-state index < -0.39 is 35.6 Å². The fourth-order valence-corrected chi connectivity index (χ4v) is 2.33. The van der Waals surface area contributed by atoms with Crippen molar-refractivity contribution >= 4 is 5.78 Å². The standard InChI is InChI=1S/C18H12F5N3O3/c1-10(28-16-7-2-11(19)8-14(16)20)17(27)15-9-26(25-24-15)12-3-5-13(6-4-12)29-18(21,22)23/h2-10H,1H3/t10-/m1/s1. The largest absolute Gasteiger partial charge is 0.573 e. The van der Waals surface area contributed by atoms with Gasteiger partial charge in [-0.2, -0.15) is 0 Å². The molecule has 0 saturated heterocycles. The number of rotatable bonds is 6. The maximum Gasteiger partial charge on any atom is 0.573 e. The Labute approximate surface area is 160 Å². The van der Waals surface area contributed by atoms with Gasteiger partial charge < -0.3 is 9.47 Å². The van der Waals surface area contributed by atoms with Gasteiger partial charge >= 0.3 is 6.36 Å². The van der Waals surface area contributed by atoms with Gasteiger partial charge in [0.05, 0.1) is 11.9 Å². The molecule has 1 atom stereocenters. The summed E-state index contributed by atoms with van der Waals surface area (Å²) in [5, 5.41) is 7.43. The van der Waals surface area contributed by atoms with Gasteiger partial charge in [-0.25, -0.2) is 13.5 Å². The van der Waals surface area contributed by atoms with E-state index in [2.05, 4.69) is 15.0 Å². The van der Waals surface area contributed by atoms with Crippen LogP contribution in [0.15, 0.2) is 48.7 Å². The summed E-state index contributed by atoms with van der Waals surface area (Å²) in [6.45, 7) is 1.35. The molecule has 0 aliphatic carbocycles. The van der Waals surface area contributed by atoms with Crippen LogP contribution in [0.1, 0.15) is 17.4 Å². The predicted molar refractivity (Wildman–Crippen MR) is 88.8 cm³/mol. The second-order valence-corrected chi connectivity index (χ2v) is 5.79. The van der Waals surface area contributed by atoms with E-state index in [1.165, 1.54) is 25.3 Å². The molecule has 0 fully saturated rings. The summed E-state index contributed by atoms with van der Waals surface area (Å²) in [5.74, 6) is -3.10. The number of ether oxygens (including phenoxy) is 2. The number of hydrogen-bond donors (Lipinski definition) is 0. The van der Waals surface area contributed by atoms with E-state index in [4.69, 9.17) is 4.74 Å². The second-order valence-electron chi connectivity index (χ2n) is 5.79. The number of carbonyl (C=O) groups excluding carboxylic acids is 1. The van der Waals surface area contributed by atoms with E-state index in [9.17, 15) is 26.7 Å². The van der Waals surface area contributed by atoms with Crippen molar-refractivity contribution in [2.75, 3.05) is 0 Å². The smallest absolute Gasteiger partial charge is 0.479 e. The summed E-state index contributed by atoms with van der Waals surface area (Å²) < 4.78 is 73.3.